The quantitative estimate of drug-likeness (QED) is 0.783. The fraction of sp³-hybridized carbons (Fsp3) is 0.350. The van der Waals surface area contributed by atoms with Gasteiger partial charge in [0.15, 0.2) is 0 Å². The standard InChI is InChI=1S/C20H24N2O3S/c1-2-21(15-13-17-7-4-3-5-8-17)20(23)18-9-11-19(12-10-18)22-14-6-16-26(22,24)25/h3-5,7-12H,2,6,13-16H2,1H3. The van der Waals surface area contributed by atoms with E-state index in [9.17, 15) is 13.2 Å². The number of carbonyl (C=O) groups excluding carboxylic acids is 1. The second kappa shape index (κ2) is 7.91. The van der Waals surface area contributed by atoms with Crippen molar-refractivity contribution < 1.29 is 13.2 Å². The molecule has 0 atom stereocenters. The number of sulfonamides is 1. The van der Waals surface area contributed by atoms with Crippen LogP contribution in [0.2, 0.25) is 0 Å². The molecule has 1 amide bonds. The molecule has 0 spiro atoms. The Hall–Kier alpha value is -2.34. The van der Waals surface area contributed by atoms with E-state index in [1.54, 1.807) is 24.3 Å². The van der Waals surface area contributed by atoms with Crippen LogP contribution in [0.1, 0.15) is 29.3 Å². The van der Waals surface area contributed by atoms with Crippen LogP contribution in [-0.4, -0.2) is 44.6 Å². The molecule has 6 heteroatoms. The van der Waals surface area contributed by atoms with Gasteiger partial charge in [0.25, 0.3) is 5.91 Å². The summed E-state index contributed by atoms with van der Waals surface area (Å²) in [6.45, 7) is 3.76. The first kappa shape index (κ1) is 18.5. The highest BCUT2D eigenvalue weighted by Crippen LogP contribution is 2.24. The van der Waals surface area contributed by atoms with Gasteiger partial charge in [-0.3, -0.25) is 9.10 Å². The van der Waals surface area contributed by atoms with Crippen LogP contribution in [0.4, 0.5) is 5.69 Å². The van der Waals surface area contributed by atoms with E-state index in [2.05, 4.69) is 12.1 Å². The minimum atomic E-state index is -3.20. The third kappa shape index (κ3) is 4.07. The maximum atomic E-state index is 12.8. The minimum Gasteiger partial charge on any atom is -0.339 e. The molecule has 0 aliphatic carbocycles. The van der Waals surface area contributed by atoms with Gasteiger partial charge in [0.05, 0.1) is 11.4 Å². The van der Waals surface area contributed by atoms with Crippen LogP contribution in [0.25, 0.3) is 0 Å². The Morgan fingerprint density at radius 3 is 2.35 bits per heavy atom. The Morgan fingerprint density at radius 2 is 1.77 bits per heavy atom. The maximum absolute atomic E-state index is 12.8. The first-order valence-corrected chi connectivity index (χ1v) is 10.6. The van der Waals surface area contributed by atoms with Gasteiger partial charge in [0, 0.05) is 25.2 Å². The zero-order chi connectivity index (χ0) is 18.6. The van der Waals surface area contributed by atoms with Crippen molar-refractivity contribution >= 4 is 21.6 Å². The van der Waals surface area contributed by atoms with Crippen LogP contribution < -0.4 is 4.31 Å². The highest BCUT2D eigenvalue weighted by atomic mass is 32.2. The van der Waals surface area contributed by atoms with Gasteiger partial charge >= 0.3 is 0 Å². The van der Waals surface area contributed by atoms with E-state index in [1.165, 1.54) is 9.87 Å². The summed E-state index contributed by atoms with van der Waals surface area (Å²) in [4.78, 5) is 14.6. The third-order valence-electron chi connectivity index (χ3n) is 4.68. The number of carbonyl (C=O) groups is 1. The minimum absolute atomic E-state index is 0.0285. The number of hydrogen-bond donors (Lipinski definition) is 0. The Labute approximate surface area is 155 Å². The number of nitrogens with zero attached hydrogens (tertiary/aromatic N) is 2. The van der Waals surface area contributed by atoms with Crippen molar-refractivity contribution in [3.63, 3.8) is 0 Å². The van der Waals surface area contributed by atoms with E-state index >= 15 is 0 Å². The van der Waals surface area contributed by atoms with Gasteiger partial charge in [-0.05, 0) is 49.6 Å². The molecule has 2 aromatic rings. The molecule has 0 radical (unpaired) electrons. The van der Waals surface area contributed by atoms with Crippen LogP contribution in [0, 0.1) is 0 Å². The highest BCUT2D eigenvalue weighted by Gasteiger charge is 2.28. The summed E-state index contributed by atoms with van der Waals surface area (Å²) in [5, 5.41) is 0. The summed E-state index contributed by atoms with van der Waals surface area (Å²) in [7, 11) is -3.20. The fourth-order valence-electron chi connectivity index (χ4n) is 3.19. The lowest BCUT2D eigenvalue weighted by molar-refractivity contribution is 0.0766. The highest BCUT2D eigenvalue weighted by molar-refractivity contribution is 7.93. The monoisotopic (exact) mass is 372 g/mol. The van der Waals surface area contributed by atoms with Gasteiger partial charge in [-0.15, -0.1) is 0 Å². The van der Waals surface area contributed by atoms with Crippen molar-refractivity contribution in [2.24, 2.45) is 0 Å². The van der Waals surface area contributed by atoms with E-state index in [1.807, 2.05) is 30.0 Å². The Morgan fingerprint density at radius 1 is 1.08 bits per heavy atom. The first-order valence-electron chi connectivity index (χ1n) is 8.95. The van der Waals surface area contributed by atoms with Crippen molar-refractivity contribution in [1.82, 2.24) is 4.90 Å². The molecule has 0 unspecified atom stereocenters. The normalized spacial score (nSPS) is 15.8. The molecule has 1 aliphatic heterocycles. The van der Waals surface area contributed by atoms with Crippen LogP contribution in [0.15, 0.2) is 54.6 Å². The zero-order valence-corrected chi connectivity index (χ0v) is 15.8. The predicted octanol–water partition coefficient (Wildman–Crippen LogP) is 2.93. The molecule has 0 bridgehead atoms. The summed E-state index contributed by atoms with van der Waals surface area (Å²) in [5.74, 6) is 0.163. The smallest absolute Gasteiger partial charge is 0.253 e. The van der Waals surface area contributed by atoms with Crippen LogP contribution >= 0.6 is 0 Å². The van der Waals surface area contributed by atoms with Gasteiger partial charge in [-0.1, -0.05) is 30.3 Å². The third-order valence-corrected chi connectivity index (χ3v) is 6.55. The van der Waals surface area contributed by atoms with Gasteiger partial charge < -0.3 is 4.90 Å². The SMILES string of the molecule is CCN(CCc1ccccc1)C(=O)c1ccc(N2CCCS2(=O)=O)cc1. The molecule has 3 rings (SSSR count). The number of likely N-dealkylation sites (N-methyl/N-ethyl adjacent to an activating group) is 1. The molecule has 0 saturated carbocycles. The lowest BCUT2D eigenvalue weighted by Gasteiger charge is -2.22. The Kier molecular flexibility index (Phi) is 5.61. The summed E-state index contributed by atoms with van der Waals surface area (Å²) < 4.78 is 25.4. The van der Waals surface area contributed by atoms with Crippen molar-refractivity contribution in [3.05, 3.63) is 65.7 Å². The van der Waals surface area contributed by atoms with E-state index in [-0.39, 0.29) is 11.7 Å². The summed E-state index contributed by atoms with van der Waals surface area (Å²) in [6, 6.07) is 17.0. The molecule has 0 aromatic heterocycles. The van der Waals surface area contributed by atoms with Crippen molar-refractivity contribution in [2.75, 3.05) is 29.7 Å². The molecule has 1 saturated heterocycles. The predicted molar refractivity (Wildman–Crippen MR) is 104 cm³/mol. The molecule has 1 heterocycles. The maximum Gasteiger partial charge on any atom is 0.253 e. The summed E-state index contributed by atoms with van der Waals surface area (Å²) in [5.41, 5.74) is 2.42. The average Bonchev–Trinajstić information content (AvgIpc) is 3.02. The van der Waals surface area contributed by atoms with Crippen molar-refractivity contribution in [1.29, 1.82) is 0 Å². The molecule has 1 aliphatic rings. The van der Waals surface area contributed by atoms with E-state index in [0.717, 1.165) is 6.42 Å². The molecule has 138 valence electrons. The topological polar surface area (TPSA) is 57.7 Å². The second-order valence-corrected chi connectivity index (χ2v) is 8.42. The molecular weight excluding hydrogens is 348 g/mol. The van der Waals surface area contributed by atoms with Crippen LogP contribution in [0.3, 0.4) is 0 Å². The molecule has 1 fully saturated rings. The van der Waals surface area contributed by atoms with Crippen LogP contribution in [0.5, 0.6) is 0 Å². The van der Waals surface area contributed by atoms with E-state index < -0.39 is 10.0 Å². The van der Waals surface area contributed by atoms with Crippen molar-refractivity contribution in [2.45, 2.75) is 19.8 Å². The Bertz CT molecular complexity index is 848. The lowest BCUT2D eigenvalue weighted by Crippen LogP contribution is -2.32. The number of amides is 1. The largest absolute Gasteiger partial charge is 0.339 e. The summed E-state index contributed by atoms with van der Waals surface area (Å²) >= 11 is 0. The van der Waals surface area contributed by atoms with Crippen LogP contribution in [-0.2, 0) is 16.4 Å². The number of hydrogen-bond acceptors (Lipinski definition) is 3. The molecule has 5 nitrogen and oxygen atoms in total. The van der Waals surface area contributed by atoms with E-state index in [0.29, 0.717) is 37.3 Å². The fourth-order valence-corrected chi connectivity index (χ4v) is 4.76. The molecule has 2 aromatic carbocycles. The summed E-state index contributed by atoms with van der Waals surface area (Å²) in [6.07, 6.45) is 1.45. The number of benzene rings is 2. The number of rotatable bonds is 6. The van der Waals surface area contributed by atoms with Gasteiger partial charge in [-0.2, -0.15) is 0 Å². The lowest BCUT2D eigenvalue weighted by atomic mass is 10.1. The van der Waals surface area contributed by atoms with Gasteiger partial charge in [0.1, 0.15) is 0 Å². The Balaban J connectivity index is 1.68. The van der Waals surface area contributed by atoms with E-state index in [4.69, 9.17) is 0 Å². The second-order valence-electron chi connectivity index (χ2n) is 6.41. The van der Waals surface area contributed by atoms with Crippen molar-refractivity contribution in [3.8, 4) is 0 Å². The molecular formula is C20H24N2O3S. The number of anilines is 1. The molecule has 0 N–H and O–H groups in total. The molecule has 26 heavy (non-hydrogen) atoms. The first-order chi connectivity index (χ1) is 12.5. The zero-order valence-electron chi connectivity index (χ0n) is 15.0. The van der Waals surface area contributed by atoms with Gasteiger partial charge in [0.2, 0.25) is 10.0 Å². The average molecular weight is 372 g/mol. The van der Waals surface area contributed by atoms with Gasteiger partial charge in [-0.25, -0.2) is 8.42 Å².